The van der Waals surface area contributed by atoms with Crippen molar-refractivity contribution in [2.45, 2.75) is 44.0 Å². The van der Waals surface area contributed by atoms with Gasteiger partial charge in [-0.1, -0.05) is 22.0 Å². The van der Waals surface area contributed by atoms with E-state index in [1.807, 2.05) is 13.8 Å². The lowest BCUT2D eigenvalue weighted by atomic mass is 9.95. The Balaban J connectivity index is 2.27. The predicted molar refractivity (Wildman–Crippen MR) is 54.8 cm³/mol. The normalized spacial score (nSPS) is 45.9. The summed E-state index contributed by atoms with van der Waals surface area (Å²) >= 11 is 3.38. The molecule has 2 rings (SSSR count). The molecule has 2 aliphatic rings. The second-order valence-electron chi connectivity index (χ2n) is 4.14. The van der Waals surface area contributed by atoms with Gasteiger partial charge in [0.1, 0.15) is 18.3 Å². The third-order valence-electron chi connectivity index (χ3n) is 2.48. The molecule has 0 radical (unpaired) electrons. The molecule has 1 fully saturated rings. The number of aliphatic hydroxyl groups excluding tert-OH is 1. The van der Waals surface area contributed by atoms with Crippen LogP contribution in [0, 0.1) is 0 Å². The molecule has 0 aromatic carbocycles. The second-order valence-corrected chi connectivity index (χ2v) is 5.06. The quantitative estimate of drug-likeness (QED) is 0.668. The van der Waals surface area contributed by atoms with Crippen LogP contribution >= 0.6 is 15.9 Å². The molecule has 14 heavy (non-hydrogen) atoms. The summed E-state index contributed by atoms with van der Waals surface area (Å²) in [6.45, 7) is 3.65. The highest BCUT2D eigenvalue weighted by molar-refractivity contribution is 9.11. The molecule has 1 aliphatic carbocycles. The third-order valence-corrected chi connectivity index (χ3v) is 3.20. The molecule has 0 spiro atoms. The van der Waals surface area contributed by atoms with Crippen molar-refractivity contribution in [1.82, 2.24) is 0 Å². The van der Waals surface area contributed by atoms with Crippen LogP contribution in [0.4, 0.5) is 0 Å². The maximum absolute atomic E-state index is 9.80. The van der Waals surface area contributed by atoms with Gasteiger partial charge in [-0.2, -0.15) is 0 Å². The Kier molecular flexibility index (Phi) is 2.48. The van der Waals surface area contributed by atoms with Crippen LogP contribution in [-0.2, 0) is 9.47 Å². The van der Waals surface area contributed by atoms with E-state index in [1.165, 1.54) is 0 Å². The van der Waals surface area contributed by atoms with Crippen LogP contribution in [0.3, 0.4) is 0 Å². The Morgan fingerprint density at radius 3 is 2.79 bits per heavy atom. The van der Waals surface area contributed by atoms with E-state index in [1.54, 1.807) is 6.08 Å². The molecule has 0 unspecified atom stereocenters. The highest BCUT2D eigenvalue weighted by Gasteiger charge is 2.49. The first-order chi connectivity index (χ1) is 6.41. The Labute approximate surface area is 91.2 Å². The van der Waals surface area contributed by atoms with E-state index >= 15 is 0 Å². The summed E-state index contributed by atoms with van der Waals surface area (Å²) in [5, 5.41) is 9.80. The number of nitrogens with two attached hydrogens (primary N) is 1. The van der Waals surface area contributed by atoms with Crippen molar-refractivity contribution in [2.75, 3.05) is 0 Å². The molecule has 3 N–H and O–H groups in total. The van der Waals surface area contributed by atoms with Crippen LogP contribution < -0.4 is 5.73 Å². The third kappa shape index (κ3) is 1.63. The summed E-state index contributed by atoms with van der Waals surface area (Å²) in [4.78, 5) is 0. The molecule has 0 aromatic rings. The maximum Gasteiger partial charge on any atom is 0.164 e. The first kappa shape index (κ1) is 10.6. The summed E-state index contributed by atoms with van der Waals surface area (Å²) in [6.07, 6.45) is 0.443. The van der Waals surface area contributed by atoms with Crippen molar-refractivity contribution in [3.63, 3.8) is 0 Å². The van der Waals surface area contributed by atoms with Gasteiger partial charge in [-0.3, -0.25) is 0 Å². The van der Waals surface area contributed by atoms with Gasteiger partial charge in [0, 0.05) is 4.48 Å². The second kappa shape index (κ2) is 3.28. The zero-order valence-electron chi connectivity index (χ0n) is 8.11. The molecule has 80 valence electrons. The maximum atomic E-state index is 9.80. The first-order valence-corrected chi connectivity index (χ1v) is 5.36. The van der Waals surface area contributed by atoms with Gasteiger partial charge < -0.3 is 20.3 Å². The fraction of sp³-hybridized carbons (Fsp3) is 0.778. The molecule has 0 aromatic heterocycles. The monoisotopic (exact) mass is 263 g/mol. The van der Waals surface area contributed by atoms with Gasteiger partial charge in [-0.05, 0) is 13.8 Å². The lowest BCUT2D eigenvalue weighted by molar-refractivity contribution is -0.153. The molecule has 5 heteroatoms. The highest BCUT2D eigenvalue weighted by atomic mass is 79.9. The van der Waals surface area contributed by atoms with E-state index < -0.39 is 17.9 Å². The molecule has 4 atom stereocenters. The van der Waals surface area contributed by atoms with Crippen molar-refractivity contribution >= 4 is 15.9 Å². The van der Waals surface area contributed by atoms with E-state index in [9.17, 15) is 5.11 Å². The minimum atomic E-state index is -0.705. The number of rotatable bonds is 0. The average Bonchev–Trinajstić information content (AvgIpc) is 2.38. The number of hydrogen-bond acceptors (Lipinski definition) is 4. The molecular weight excluding hydrogens is 250 g/mol. The van der Waals surface area contributed by atoms with Crippen molar-refractivity contribution in [1.29, 1.82) is 0 Å². The Bertz CT molecular complexity index is 279. The van der Waals surface area contributed by atoms with Crippen LogP contribution in [0.5, 0.6) is 0 Å². The number of fused-ring (bicyclic) bond motifs is 1. The summed E-state index contributed by atoms with van der Waals surface area (Å²) in [5.41, 5.74) is 5.72. The predicted octanol–water partition coefficient (Wildman–Crippen LogP) is 0.487. The standard InChI is InChI=1S/C9H14BrNO3/c1-9(2)13-7-4(10)3-5(11)6(12)8(7)14-9/h3,5-8,12H,11H2,1-2H3/t5-,6+,7-,8+/m1/s1. The molecule has 0 amide bonds. The van der Waals surface area contributed by atoms with E-state index in [0.717, 1.165) is 4.48 Å². The number of hydrogen-bond donors (Lipinski definition) is 2. The fourth-order valence-electron chi connectivity index (χ4n) is 1.85. The number of halogens is 1. The molecule has 1 aliphatic heterocycles. The first-order valence-electron chi connectivity index (χ1n) is 4.57. The van der Waals surface area contributed by atoms with Gasteiger partial charge in [-0.15, -0.1) is 0 Å². The van der Waals surface area contributed by atoms with Gasteiger partial charge in [0.05, 0.1) is 6.04 Å². The minimum Gasteiger partial charge on any atom is -0.388 e. The van der Waals surface area contributed by atoms with Gasteiger partial charge in [0.25, 0.3) is 0 Å². The zero-order chi connectivity index (χ0) is 10.5. The van der Waals surface area contributed by atoms with Gasteiger partial charge >= 0.3 is 0 Å². The van der Waals surface area contributed by atoms with E-state index in [0.29, 0.717) is 0 Å². The average molecular weight is 264 g/mol. The fourth-order valence-corrected chi connectivity index (χ4v) is 2.51. The van der Waals surface area contributed by atoms with Crippen molar-refractivity contribution in [2.24, 2.45) is 5.73 Å². The lowest BCUT2D eigenvalue weighted by Crippen LogP contribution is -2.49. The Morgan fingerprint density at radius 2 is 2.14 bits per heavy atom. The lowest BCUT2D eigenvalue weighted by Gasteiger charge is -2.30. The van der Waals surface area contributed by atoms with Gasteiger partial charge in [-0.25, -0.2) is 0 Å². The number of ether oxygens (including phenoxy) is 2. The summed E-state index contributed by atoms with van der Waals surface area (Å²) in [7, 11) is 0. The van der Waals surface area contributed by atoms with Crippen molar-refractivity contribution < 1.29 is 14.6 Å². The van der Waals surface area contributed by atoms with E-state index in [2.05, 4.69) is 15.9 Å². The van der Waals surface area contributed by atoms with E-state index in [4.69, 9.17) is 15.2 Å². The largest absolute Gasteiger partial charge is 0.388 e. The molecule has 4 nitrogen and oxygen atoms in total. The zero-order valence-corrected chi connectivity index (χ0v) is 9.69. The van der Waals surface area contributed by atoms with Gasteiger partial charge in [0.2, 0.25) is 0 Å². The summed E-state index contributed by atoms with van der Waals surface area (Å²) in [5.74, 6) is -0.659. The van der Waals surface area contributed by atoms with Gasteiger partial charge in [0.15, 0.2) is 5.79 Å². The molecule has 1 heterocycles. The molecule has 1 saturated heterocycles. The Morgan fingerprint density at radius 1 is 1.50 bits per heavy atom. The number of aliphatic hydroxyl groups is 1. The van der Waals surface area contributed by atoms with Crippen LogP contribution in [0.25, 0.3) is 0 Å². The van der Waals surface area contributed by atoms with Crippen LogP contribution in [0.1, 0.15) is 13.8 Å². The van der Waals surface area contributed by atoms with Crippen LogP contribution in [-0.4, -0.2) is 35.2 Å². The Hall–Kier alpha value is 0.0600. The topological polar surface area (TPSA) is 64.7 Å². The smallest absolute Gasteiger partial charge is 0.164 e. The SMILES string of the molecule is CC1(C)O[C@H]2[C@@H](O)[C@H](N)C=C(Br)[C@H]2O1. The minimum absolute atomic E-state index is 0.236. The molecule has 0 saturated carbocycles. The van der Waals surface area contributed by atoms with Crippen LogP contribution in [0.2, 0.25) is 0 Å². The summed E-state index contributed by atoms with van der Waals surface area (Å²) in [6, 6.07) is -0.400. The molecule has 0 bridgehead atoms. The van der Waals surface area contributed by atoms with Crippen molar-refractivity contribution in [3.05, 3.63) is 10.6 Å². The summed E-state index contributed by atoms with van der Waals surface area (Å²) < 4.78 is 12.1. The molecular formula is C9H14BrNO3. The van der Waals surface area contributed by atoms with Crippen LogP contribution in [0.15, 0.2) is 10.6 Å². The highest BCUT2D eigenvalue weighted by Crippen LogP contribution is 2.38. The van der Waals surface area contributed by atoms with Crippen molar-refractivity contribution in [3.8, 4) is 0 Å². The van der Waals surface area contributed by atoms with E-state index in [-0.39, 0.29) is 12.2 Å².